The van der Waals surface area contributed by atoms with E-state index in [1.807, 2.05) is 47.8 Å². The Morgan fingerprint density at radius 2 is 2.11 bits per heavy atom. The van der Waals surface area contributed by atoms with Gasteiger partial charge in [0.15, 0.2) is 0 Å². The van der Waals surface area contributed by atoms with Crippen LogP contribution in [0.2, 0.25) is 0 Å². The Bertz CT molecular complexity index is 951. The first-order chi connectivity index (χ1) is 13.0. The standard InChI is InChI=1S/C20H25N5O2/c1-5-14-6-7-15(20(26)21-8-9-27-4)10-17(14)25(3)19-11-18-16(12-22-19)23-13-24(18)2/h6-7,10-13H,5,8-9H2,1-4H3,(H,21,26). The lowest BCUT2D eigenvalue weighted by Crippen LogP contribution is -2.27. The number of anilines is 2. The quantitative estimate of drug-likeness (QED) is 0.650. The summed E-state index contributed by atoms with van der Waals surface area (Å²) in [6, 6.07) is 7.78. The average Bonchev–Trinajstić information content (AvgIpc) is 3.07. The van der Waals surface area contributed by atoms with Gasteiger partial charge in [-0.1, -0.05) is 13.0 Å². The summed E-state index contributed by atoms with van der Waals surface area (Å²) < 4.78 is 6.95. The number of ether oxygens (including phenoxy) is 1. The molecule has 0 atom stereocenters. The maximum atomic E-state index is 12.4. The Morgan fingerprint density at radius 1 is 1.30 bits per heavy atom. The van der Waals surface area contributed by atoms with Crippen LogP contribution in [0.15, 0.2) is 36.8 Å². The van der Waals surface area contributed by atoms with E-state index in [2.05, 4.69) is 22.2 Å². The Morgan fingerprint density at radius 3 is 2.85 bits per heavy atom. The lowest BCUT2D eigenvalue weighted by Gasteiger charge is -2.22. The maximum absolute atomic E-state index is 12.4. The number of nitrogens with zero attached hydrogens (tertiary/aromatic N) is 4. The van der Waals surface area contributed by atoms with E-state index < -0.39 is 0 Å². The molecule has 2 aromatic heterocycles. The summed E-state index contributed by atoms with van der Waals surface area (Å²) in [5, 5.41) is 2.86. The number of fused-ring (bicyclic) bond motifs is 1. The molecule has 1 amide bonds. The second-order valence-corrected chi connectivity index (χ2v) is 6.39. The van der Waals surface area contributed by atoms with Crippen molar-refractivity contribution >= 4 is 28.4 Å². The van der Waals surface area contributed by atoms with Gasteiger partial charge in [-0.25, -0.2) is 9.97 Å². The van der Waals surface area contributed by atoms with Gasteiger partial charge >= 0.3 is 0 Å². The Hall–Kier alpha value is -2.93. The number of hydrogen-bond donors (Lipinski definition) is 1. The summed E-state index contributed by atoms with van der Waals surface area (Å²) in [5.41, 5.74) is 4.60. The molecule has 0 aliphatic heterocycles. The molecule has 1 aromatic carbocycles. The fourth-order valence-corrected chi connectivity index (χ4v) is 3.01. The van der Waals surface area contributed by atoms with Crippen molar-refractivity contribution in [2.75, 3.05) is 32.2 Å². The lowest BCUT2D eigenvalue weighted by molar-refractivity contribution is 0.0937. The number of amides is 1. The number of aromatic nitrogens is 3. The van der Waals surface area contributed by atoms with E-state index in [0.29, 0.717) is 18.7 Å². The summed E-state index contributed by atoms with van der Waals surface area (Å²) in [6.07, 6.45) is 4.41. The van der Waals surface area contributed by atoms with Crippen LogP contribution in [-0.4, -0.2) is 47.8 Å². The molecule has 3 aromatic rings. The molecular weight excluding hydrogens is 342 g/mol. The van der Waals surface area contributed by atoms with Crippen molar-refractivity contribution in [3.05, 3.63) is 47.9 Å². The number of hydrogen-bond acceptors (Lipinski definition) is 5. The molecule has 142 valence electrons. The molecule has 0 aliphatic carbocycles. The summed E-state index contributed by atoms with van der Waals surface area (Å²) in [4.78, 5) is 23.3. The molecule has 0 aliphatic rings. The second-order valence-electron chi connectivity index (χ2n) is 6.39. The van der Waals surface area contributed by atoms with Crippen molar-refractivity contribution in [2.45, 2.75) is 13.3 Å². The number of methoxy groups -OCH3 is 1. The normalized spacial score (nSPS) is 11.0. The van der Waals surface area contributed by atoms with E-state index in [-0.39, 0.29) is 5.91 Å². The predicted molar refractivity (Wildman–Crippen MR) is 107 cm³/mol. The van der Waals surface area contributed by atoms with Gasteiger partial charge in [0.25, 0.3) is 5.91 Å². The van der Waals surface area contributed by atoms with Crippen LogP contribution in [0.25, 0.3) is 11.0 Å². The molecule has 0 fully saturated rings. The minimum absolute atomic E-state index is 0.112. The number of imidazole rings is 1. The second kappa shape index (κ2) is 8.18. The van der Waals surface area contributed by atoms with Crippen molar-refractivity contribution in [1.29, 1.82) is 0 Å². The molecule has 0 spiro atoms. The van der Waals surface area contributed by atoms with Crippen molar-refractivity contribution in [1.82, 2.24) is 19.9 Å². The zero-order chi connectivity index (χ0) is 19.4. The minimum atomic E-state index is -0.112. The third-order valence-corrected chi connectivity index (χ3v) is 4.62. The fraction of sp³-hybridized carbons (Fsp3) is 0.350. The van der Waals surface area contributed by atoms with Crippen LogP contribution in [0, 0.1) is 0 Å². The molecule has 0 radical (unpaired) electrons. The van der Waals surface area contributed by atoms with Crippen molar-refractivity contribution in [2.24, 2.45) is 7.05 Å². The van der Waals surface area contributed by atoms with E-state index in [1.165, 1.54) is 0 Å². The monoisotopic (exact) mass is 367 g/mol. The minimum Gasteiger partial charge on any atom is -0.383 e. The molecule has 0 unspecified atom stereocenters. The molecule has 0 saturated heterocycles. The van der Waals surface area contributed by atoms with Crippen molar-refractivity contribution < 1.29 is 9.53 Å². The van der Waals surface area contributed by atoms with Crippen LogP contribution in [0.4, 0.5) is 11.5 Å². The summed E-state index contributed by atoms with van der Waals surface area (Å²) in [6.45, 7) is 3.07. The molecule has 7 heteroatoms. The van der Waals surface area contributed by atoms with Crippen LogP contribution >= 0.6 is 0 Å². The number of carbonyl (C=O) groups is 1. The first-order valence-corrected chi connectivity index (χ1v) is 8.96. The highest BCUT2D eigenvalue weighted by Gasteiger charge is 2.15. The van der Waals surface area contributed by atoms with Crippen LogP contribution in [0.5, 0.6) is 0 Å². The molecule has 7 nitrogen and oxygen atoms in total. The highest BCUT2D eigenvalue weighted by Crippen LogP contribution is 2.29. The van der Waals surface area contributed by atoms with Gasteiger partial charge in [-0.2, -0.15) is 0 Å². The van der Waals surface area contributed by atoms with Gasteiger partial charge in [0.1, 0.15) is 11.3 Å². The zero-order valence-corrected chi connectivity index (χ0v) is 16.2. The molecular formula is C20H25N5O2. The Balaban J connectivity index is 1.93. The van der Waals surface area contributed by atoms with Gasteiger partial charge in [-0.3, -0.25) is 4.79 Å². The van der Waals surface area contributed by atoms with Gasteiger partial charge in [0, 0.05) is 45.1 Å². The lowest BCUT2D eigenvalue weighted by atomic mass is 10.1. The summed E-state index contributed by atoms with van der Waals surface area (Å²) >= 11 is 0. The van der Waals surface area contributed by atoms with Crippen LogP contribution in [-0.2, 0) is 18.2 Å². The van der Waals surface area contributed by atoms with E-state index in [1.54, 1.807) is 19.6 Å². The van der Waals surface area contributed by atoms with E-state index in [9.17, 15) is 4.79 Å². The number of aryl methyl sites for hydroxylation is 2. The molecule has 27 heavy (non-hydrogen) atoms. The van der Waals surface area contributed by atoms with Crippen LogP contribution in [0.3, 0.4) is 0 Å². The van der Waals surface area contributed by atoms with Gasteiger partial charge in [-0.05, 0) is 24.1 Å². The SMILES string of the molecule is CCc1ccc(C(=O)NCCOC)cc1N(C)c1cc2c(cn1)ncn2C. The summed E-state index contributed by atoms with van der Waals surface area (Å²) in [5.74, 6) is 0.692. The summed E-state index contributed by atoms with van der Waals surface area (Å²) in [7, 11) is 5.54. The van der Waals surface area contributed by atoms with Gasteiger partial charge in [0.05, 0.1) is 24.6 Å². The number of benzene rings is 1. The molecule has 1 N–H and O–H groups in total. The fourth-order valence-electron chi connectivity index (χ4n) is 3.01. The van der Waals surface area contributed by atoms with E-state index in [4.69, 9.17) is 4.74 Å². The maximum Gasteiger partial charge on any atom is 0.251 e. The average molecular weight is 367 g/mol. The number of nitrogens with one attached hydrogen (secondary N) is 1. The Labute approximate surface area is 159 Å². The number of rotatable bonds is 7. The topological polar surface area (TPSA) is 72.3 Å². The molecule has 0 saturated carbocycles. The van der Waals surface area contributed by atoms with Crippen molar-refractivity contribution in [3.8, 4) is 0 Å². The predicted octanol–water partition coefficient (Wildman–Crippen LogP) is 2.67. The largest absolute Gasteiger partial charge is 0.383 e. The van der Waals surface area contributed by atoms with Crippen LogP contribution < -0.4 is 10.2 Å². The zero-order valence-electron chi connectivity index (χ0n) is 16.2. The Kier molecular flexibility index (Phi) is 5.71. The van der Waals surface area contributed by atoms with Gasteiger partial charge in [-0.15, -0.1) is 0 Å². The first kappa shape index (κ1) is 18.8. The highest BCUT2D eigenvalue weighted by atomic mass is 16.5. The van der Waals surface area contributed by atoms with E-state index in [0.717, 1.165) is 34.5 Å². The van der Waals surface area contributed by atoms with Gasteiger partial charge in [0.2, 0.25) is 0 Å². The third kappa shape index (κ3) is 3.93. The smallest absolute Gasteiger partial charge is 0.251 e. The molecule has 2 heterocycles. The van der Waals surface area contributed by atoms with E-state index >= 15 is 0 Å². The number of carbonyl (C=O) groups excluding carboxylic acids is 1. The van der Waals surface area contributed by atoms with Crippen molar-refractivity contribution in [3.63, 3.8) is 0 Å². The number of pyridine rings is 1. The highest BCUT2D eigenvalue weighted by molar-refractivity contribution is 5.95. The molecule has 3 rings (SSSR count). The first-order valence-electron chi connectivity index (χ1n) is 8.96. The van der Waals surface area contributed by atoms with Crippen LogP contribution in [0.1, 0.15) is 22.8 Å². The molecule has 0 bridgehead atoms. The third-order valence-electron chi connectivity index (χ3n) is 4.62. The van der Waals surface area contributed by atoms with Gasteiger partial charge < -0.3 is 19.5 Å².